The molecule has 0 saturated heterocycles. The monoisotopic (exact) mass is 405 g/mol. The topological polar surface area (TPSA) is 48.2 Å². The molecule has 0 radical (unpaired) electrons. The molecular weight excluding hydrogens is 370 g/mol. The number of rotatable bonds is 4. The maximum absolute atomic E-state index is 10.9. The Hall–Kier alpha value is -2.80. The molecule has 160 valence electrons. The third kappa shape index (κ3) is 6.10. The Labute approximate surface area is 182 Å². The van der Waals surface area contributed by atoms with Crippen LogP contribution in [0.5, 0.6) is 5.75 Å². The van der Waals surface area contributed by atoms with Gasteiger partial charge in [0.05, 0.1) is 5.69 Å². The van der Waals surface area contributed by atoms with Gasteiger partial charge in [-0.3, -0.25) is 5.01 Å². The first-order chi connectivity index (χ1) is 14.0. The number of phenols is 1. The minimum Gasteiger partial charge on any atom is -0.507 e. The number of aromatic hydroxyl groups is 1. The fourth-order valence-electron chi connectivity index (χ4n) is 3.07. The number of benzene rings is 2. The molecule has 0 aliphatic heterocycles. The van der Waals surface area contributed by atoms with Crippen LogP contribution in [-0.2, 0) is 10.8 Å². The summed E-state index contributed by atoms with van der Waals surface area (Å²) in [5, 5.41) is 21.3. The van der Waals surface area contributed by atoms with Gasteiger partial charge in [0.1, 0.15) is 5.75 Å². The molecule has 0 saturated carbocycles. The molecule has 0 spiro atoms. The Kier molecular flexibility index (Phi) is 7.31. The first-order valence-electron chi connectivity index (χ1n) is 10.6. The van der Waals surface area contributed by atoms with Crippen molar-refractivity contribution in [3.63, 3.8) is 0 Å². The quantitative estimate of drug-likeness (QED) is 0.348. The predicted octanol–water partition coefficient (Wildman–Crippen LogP) is 6.73. The second-order valence-electron chi connectivity index (χ2n) is 9.55. The van der Waals surface area contributed by atoms with Crippen molar-refractivity contribution in [1.82, 2.24) is 5.01 Å². The van der Waals surface area contributed by atoms with E-state index in [1.54, 1.807) is 0 Å². The average Bonchev–Trinajstić information content (AvgIpc) is 2.67. The van der Waals surface area contributed by atoms with E-state index in [1.165, 1.54) is 0 Å². The molecule has 4 heteroatoms. The lowest BCUT2D eigenvalue weighted by Crippen LogP contribution is -2.17. The van der Waals surface area contributed by atoms with Gasteiger partial charge >= 0.3 is 0 Å². The molecule has 0 atom stereocenters. The molecule has 30 heavy (non-hydrogen) atoms. The van der Waals surface area contributed by atoms with E-state index in [2.05, 4.69) is 77.6 Å². The summed E-state index contributed by atoms with van der Waals surface area (Å²) >= 11 is 0. The highest BCUT2D eigenvalue weighted by molar-refractivity contribution is 5.55. The molecule has 2 aromatic rings. The highest BCUT2D eigenvalue weighted by Crippen LogP contribution is 2.39. The fraction of sp³-hybridized carbons (Fsp3) is 0.462. The van der Waals surface area contributed by atoms with E-state index in [-0.39, 0.29) is 10.8 Å². The van der Waals surface area contributed by atoms with Gasteiger partial charge < -0.3 is 5.11 Å². The largest absolute Gasteiger partial charge is 0.507 e. The van der Waals surface area contributed by atoms with Crippen LogP contribution in [0.25, 0.3) is 0 Å². The zero-order chi connectivity index (χ0) is 22.5. The van der Waals surface area contributed by atoms with Crippen molar-refractivity contribution in [1.29, 1.82) is 0 Å². The summed E-state index contributed by atoms with van der Waals surface area (Å²) in [4.78, 5) is 0. The first kappa shape index (κ1) is 23.5. The Morgan fingerprint density at radius 1 is 0.800 bits per heavy atom. The Bertz CT molecular complexity index is 910. The molecule has 1 N–H and O–H groups in total. The smallest absolute Gasteiger partial charge is 0.123 e. The van der Waals surface area contributed by atoms with Gasteiger partial charge in [0.2, 0.25) is 0 Å². The molecule has 0 aliphatic rings. The van der Waals surface area contributed by atoms with Crippen LogP contribution in [0.15, 0.2) is 46.7 Å². The second kappa shape index (κ2) is 9.34. The van der Waals surface area contributed by atoms with Crippen LogP contribution >= 0.6 is 0 Å². The van der Waals surface area contributed by atoms with Crippen LogP contribution in [0, 0.1) is 11.8 Å². The summed E-state index contributed by atoms with van der Waals surface area (Å²) in [5.41, 5.74) is 4.14. The maximum Gasteiger partial charge on any atom is 0.123 e. The molecule has 0 fully saturated rings. The number of hydrogen-bond donors (Lipinski definition) is 1. The van der Waals surface area contributed by atoms with Gasteiger partial charge in [-0.25, -0.2) is 0 Å². The van der Waals surface area contributed by atoms with E-state index in [1.807, 2.05) is 41.4 Å². The summed E-state index contributed by atoms with van der Waals surface area (Å²) in [6.07, 6.45) is 0. The summed E-state index contributed by atoms with van der Waals surface area (Å²) in [5.74, 6) is 6.89. The molecule has 2 aromatic carbocycles. The van der Waals surface area contributed by atoms with Gasteiger partial charge in [-0.15, -0.1) is 5.11 Å². The van der Waals surface area contributed by atoms with Crippen LogP contribution in [0.4, 0.5) is 5.69 Å². The van der Waals surface area contributed by atoms with Gasteiger partial charge in [-0.05, 0) is 61.1 Å². The first-order valence-corrected chi connectivity index (χ1v) is 10.6. The van der Waals surface area contributed by atoms with E-state index in [9.17, 15) is 5.11 Å². The lowest BCUT2D eigenvalue weighted by molar-refractivity contribution is 0.301. The average molecular weight is 406 g/mol. The third-order valence-corrected chi connectivity index (χ3v) is 4.96. The van der Waals surface area contributed by atoms with Crippen molar-refractivity contribution in [2.24, 2.45) is 10.3 Å². The van der Waals surface area contributed by atoms with Crippen LogP contribution in [0.3, 0.4) is 0 Å². The molecule has 4 nitrogen and oxygen atoms in total. The van der Waals surface area contributed by atoms with Gasteiger partial charge in [0, 0.05) is 35.3 Å². The molecule has 2 rings (SSSR count). The van der Waals surface area contributed by atoms with Crippen molar-refractivity contribution in [2.75, 3.05) is 13.1 Å². The van der Waals surface area contributed by atoms with Gasteiger partial charge in [-0.1, -0.05) is 58.6 Å². The van der Waals surface area contributed by atoms with Crippen molar-refractivity contribution in [3.05, 3.63) is 58.7 Å². The third-order valence-electron chi connectivity index (χ3n) is 4.96. The van der Waals surface area contributed by atoms with Crippen LogP contribution in [0.2, 0.25) is 0 Å². The van der Waals surface area contributed by atoms with Crippen molar-refractivity contribution in [3.8, 4) is 17.6 Å². The van der Waals surface area contributed by atoms with Gasteiger partial charge in [-0.2, -0.15) is 0 Å². The van der Waals surface area contributed by atoms with Crippen molar-refractivity contribution in [2.45, 2.75) is 66.2 Å². The van der Waals surface area contributed by atoms with E-state index >= 15 is 0 Å². The molecule has 0 heterocycles. The van der Waals surface area contributed by atoms with E-state index in [0.717, 1.165) is 41.0 Å². The number of nitrogens with zero attached hydrogens (tertiary/aromatic N) is 3. The molecule has 0 aromatic heterocycles. The lowest BCUT2D eigenvalue weighted by Gasteiger charge is -2.27. The SMILES string of the molecule is CCN(CC)/N=N/c1ccc(C#Cc2cc(C(C)(C)C)c(O)c(C(C)(C)C)c2)cc1. The predicted molar refractivity (Wildman–Crippen MR) is 125 cm³/mol. The normalized spacial score (nSPS) is 12.0. The minimum absolute atomic E-state index is 0.167. The van der Waals surface area contributed by atoms with Crippen molar-refractivity contribution >= 4 is 5.69 Å². The molecule has 0 aliphatic carbocycles. The Morgan fingerprint density at radius 3 is 1.70 bits per heavy atom. The van der Waals surface area contributed by atoms with E-state index in [4.69, 9.17) is 0 Å². The minimum atomic E-state index is -0.167. The highest BCUT2D eigenvalue weighted by Gasteiger charge is 2.26. The van der Waals surface area contributed by atoms with Gasteiger partial charge in [0.25, 0.3) is 0 Å². The zero-order valence-corrected chi connectivity index (χ0v) is 19.7. The van der Waals surface area contributed by atoms with Crippen LogP contribution < -0.4 is 0 Å². The summed E-state index contributed by atoms with van der Waals surface area (Å²) in [7, 11) is 0. The molecular formula is C26H35N3O. The zero-order valence-electron chi connectivity index (χ0n) is 19.7. The fourth-order valence-corrected chi connectivity index (χ4v) is 3.07. The molecule has 0 amide bonds. The van der Waals surface area contributed by atoms with Gasteiger partial charge in [0.15, 0.2) is 0 Å². The summed E-state index contributed by atoms with van der Waals surface area (Å²) in [6, 6.07) is 11.8. The van der Waals surface area contributed by atoms with Crippen LogP contribution in [0.1, 0.15) is 77.6 Å². The van der Waals surface area contributed by atoms with E-state index < -0.39 is 0 Å². The summed E-state index contributed by atoms with van der Waals surface area (Å²) in [6.45, 7) is 18.4. The number of hydrogen-bond acceptors (Lipinski definition) is 3. The highest BCUT2D eigenvalue weighted by atomic mass is 16.3. The second-order valence-corrected chi connectivity index (χ2v) is 9.55. The summed E-state index contributed by atoms with van der Waals surface area (Å²) < 4.78 is 0. The molecule has 0 unspecified atom stereocenters. The lowest BCUT2D eigenvalue weighted by atomic mass is 9.78. The van der Waals surface area contributed by atoms with Crippen LogP contribution in [-0.4, -0.2) is 23.2 Å². The Morgan fingerprint density at radius 2 is 1.27 bits per heavy atom. The number of phenolic OH excluding ortho intramolecular Hbond substituents is 1. The maximum atomic E-state index is 10.9. The molecule has 0 bridgehead atoms. The van der Waals surface area contributed by atoms with E-state index in [0.29, 0.717) is 5.75 Å². The van der Waals surface area contributed by atoms with Crippen molar-refractivity contribution < 1.29 is 5.11 Å². The standard InChI is InChI=1S/C26H35N3O/c1-9-29(10-2)28-27-21-15-13-19(14-16-21)11-12-20-17-22(25(3,4)5)24(30)23(18-20)26(6,7)8/h13-18,30H,9-10H2,1-8H3/b28-27+. The Balaban J connectivity index is 2.35.